The molecule has 1 rings (SSSR count). The molecule has 0 saturated heterocycles. The molecule has 0 aliphatic rings. The molecule has 202 valence electrons. The Bertz CT molecular complexity index is 899. The van der Waals surface area contributed by atoms with Crippen LogP contribution in [-0.2, 0) is 20.7 Å². The number of alkyl carbamates (subject to hydrolysis) is 1. The van der Waals surface area contributed by atoms with Gasteiger partial charge in [-0.2, -0.15) is 0 Å². The number of ether oxygens (including phenoxy) is 1. The van der Waals surface area contributed by atoms with E-state index < -0.39 is 23.8 Å². The molecule has 1 aromatic rings. The Kier molecular flexibility index (Phi) is 13.3. The molecule has 2 atom stereocenters. The van der Waals surface area contributed by atoms with E-state index in [1.807, 2.05) is 19.9 Å². The van der Waals surface area contributed by atoms with Crippen molar-refractivity contribution < 1.29 is 19.1 Å². The quantitative estimate of drug-likeness (QED) is 0.245. The number of nitrogens with one attached hydrogen (secondary N) is 2. The fourth-order valence-corrected chi connectivity index (χ4v) is 3.99. The van der Waals surface area contributed by atoms with E-state index in [-0.39, 0.29) is 24.2 Å². The minimum absolute atomic E-state index is 0.113. The van der Waals surface area contributed by atoms with Crippen LogP contribution in [0.5, 0.6) is 0 Å². The Balaban J connectivity index is 3.16. The van der Waals surface area contributed by atoms with E-state index in [0.717, 1.165) is 19.3 Å². The molecule has 0 radical (unpaired) electrons. The highest BCUT2D eigenvalue weighted by molar-refractivity contribution is 6.33. The summed E-state index contributed by atoms with van der Waals surface area (Å²) in [6.45, 7) is 13.3. The van der Waals surface area contributed by atoms with Gasteiger partial charge in [-0.3, -0.25) is 9.59 Å². The molecule has 0 spiro atoms. The number of carbonyl (C=O) groups excluding carboxylic acids is 3. The third-order valence-corrected chi connectivity index (χ3v) is 5.97. The standard InChI is InChI=1S/C27H41Cl2N3O4/c1-8-9-10-11-14-30-24(33)23(17-19-16-20(28)12-13-21(19)29)32(7)25(34)22(15-18(2)3)31-26(35)36-27(4,5)6/h8,12-13,16,18,22-23H,1,9-11,14-15,17H2,2-7H3,(H,30,33)(H,31,35)/t22-,23-/m0/s1. The molecule has 0 heterocycles. The lowest BCUT2D eigenvalue weighted by Crippen LogP contribution is -2.55. The number of nitrogens with zero attached hydrogens (tertiary/aromatic N) is 1. The minimum Gasteiger partial charge on any atom is -0.444 e. The van der Waals surface area contributed by atoms with Crippen molar-refractivity contribution in [1.29, 1.82) is 0 Å². The minimum atomic E-state index is -0.859. The van der Waals surface area contributed by atoms with Crippen molar-refractivity contribution in [2.45, 2.75) is 84.4 Å². The number of carbonyl (C=O) groups is 3. The molecular weight excluding hydrogens is 501 g/mol. The van der Waals surface area contributed by atoms with Crippen LogP contribution >= 0.6 is 23.2 Å². The predicted octanol–water partition coefficient (Wildman–Crippen LogP) is 5.77. The van der Waals surface area contributed by atoms with Crippen molar-refractivity contribution in [2.75, 3.05) is 13.6 Å². The topological polar surface area (TPSA) is 87.7 Å². The third kappa shape index (κ3) is 11.7. The Morgan fingerprint density at radius 3 is 2.42 bits per heavy atom. The first kappa shape index (κ1) is 31.8. The number of halogens is 2. The van der Waals surface area contributed by atoms with Crippen LogP contribution in [0, 0.1) is 5.92 Å². The van der Waals surface area contributed by atoms with Gasteiger partial charge in [0, 0.05) is 30.1 Å². The maximum Gasteiger partial charge on any atom is 0.408 e. The molecule has 2 N–H and O–H groups in total. The van der Waals surface area contributed by atoms with Crippen LogP contribution in [-0.4, -0.2) is 54.1 Å². The summed E-state index contributed by atoms with van der Waals surface area (Å²) < 4.78 is 5.36. The Morgan fingerprint density at radius 1 is 1.17 bits per heavy atom. The number of amides is 3. The zero-order chi connectivity index (χ0) is 27.5. The highest BCUT2D eigenvalue weighted by Crippen LogP contribution is 2.24. The fourth-order valence-electron chi connectivity index (χ4n) is 3.60. The number of likely N-dealkylation sites (N-methyl/N-ethyl adjacent to an activating group) is 1. The van der Waals surface area contributed by atoms with Gasteiger partial charge in [0.15, 0.2) is 0 Å². The van der Waals surface area contributed by atoms with Crippen LogP contribution in [0.4, 0.5) is 4.79 Å². The maximum absolute atomic E-state index is 13.6. The van der Waals surface area contributed by atoms with E-state index >= 15 is 0 Å². The summed E-state index contributed by atoms with van der Waals surface area (Å²) >= 11 is 12.5. The van der Waals surface area contributed by atoms with E-state index in [2.05, 4.69) is 17.2 Å². The highest BCUT2D eigenvalue weighted by Gasteiger charge is 2.33. The molecule has 9 heteroatoms. The van der Waals surface area contributed by atoms with Gasteiger partial charge in [0.2, 0.25) is 11.8 Å². The Hall–Kier alpha value is -2.25. The first-order valence-corrected chi connectivity index (χ1v) is 13.1. The summed E-state index contributed by atoms with van der Waals surface area (Å²) in [5.74, 6) is -0.581. The lowest BCUT2D eigenvalue weighted by atomic mass is 9.99. The summed E-state index contributed by atoms with van der Waals surface area (Å²) in [6.07, 6.45) is 4.26. The fraction of sp³-hybridized carbons (Fsp3) is 0.593. The molecule has 0 bridgehead atoms. The number of unbranched alkanes of at least 4 members (excludes halogenated alkanes) is 2. The summed E-state index contributed by atoms with van der Waals surface area (Å²) in [6, 6.07) is 3.31. The van der Waals surface area contributed by atoms with Crippen LogP contribution in [0.3, 0.4) is 0 Å². The summed E-state index contributed by atoms with van der Waals surface area (Å²) in [5, 5.41) is 6.55. The second-order valence-corrected chi connectivity index (χ2v) is 11.2. The molecule has 0 aliphatic heterocycles. The van der Waals surface area contributed by atoms with Gasteiger partial charge in [-0.1, -0.05) is 43.1 Å². The van der Waals surface area contributed by atoms with Gasteiger partial charge in [0.25, 0.3) is 0 Å². The zero-order valence-electron chi connectivity index (χ0n) is 22.3. The lowest BCUT2D eigenvalue weighted by Gasteiger charge is -2.32. The highest BCUT2D eigenvalue weighted by atomic mass is 35.5. The maximum atomic E-state index is 13.6. The molecule has 3 amide bonds. The second kappa shape index (κ2) is 15.1. The van der Waals surface area contributed by atoms with Crippen LogP contribution in [0.1, 0.15) is 65.9 Å². The number of allylic oxidation sites excluding steroid dienone is 1. The van der Waals surface area contributed by atoms with E-state index in [1.54, 1.807) is 46.0 Å². The lowest BCUT2D eigenvalue weighted by molar-refractivity contribution is -0.140. The van der Waals surface area contributed by atoms with Gasteiger partial charge in [0.05, 0.1) is 0 Å². The van der Waals surface area contributed by atoms with Gasteiger partial charge in [-0.05, 0) is 76.1 Å². The molecule has 36 heavy (non-hydrogen) atoms. The average Bonchev–Trinajstić information content (AvgIpc) is 2.76. The number of hydrogen-bond acceptors (Lipinski definition) is 4. The van der Waals surface area contributed by atoms with Crippen LogP contribution in [0.25, 0.3) is 0 Å². The van der Waals surface area contributed by atoms with E-state index in [4.69, 9.17) is 27.9 Å². The Morgan fingerprint density at radius 2 is 1.83 bits per heavy atom. The normalized spacial score (nSPS) is 13.0. The number of benzene rings is 1. The number of rotatable bonds is 13. The average molecular weight is 543 g/mol. The van der Waals surface area contributed by atoms with E-state index in [1.165, 1.54) is 4.90 Å². The van der Waals surface area contributed by atoms with Crippen LogP contribution in [0.2, 0.25) is 10.0 Å². The van der Waals surface area contributed by atoms with Crippen LogP contribution in [0.15, 0.2) is 30.9 Å². The summed E-state index contributed by atoms with van der Waals surface area (Å²) in [7, 11) is 1.56. The largest absolute Gasteiger partial charge is 0.444 e. The van der Waals surface area contributed by atoms with Crippen molar-refractivity contribution in [2.24, 2.45) is 5.92 Å². The van der Waals surface area contributed by atoms with Crippen LogP contribution < -0.4 is 10.6 Å². The van der Waals surface area contributed by atoms with Crippen molar-refractivity contribution in [3.63, 3.8) is 0 Å². The third-order valence-electron chi connectivity index (χ3n) is 5.37. The molecule has 1 aromatic carbocycles. The van der Waals surface area contributed by atoms with Gasteiger partial charge in [-0.25, -0.2) is 4.79 Å². The van der Waals surface area contributed by atoms with Crippen molar-refractivity contribution in [3.05, 3.63) is 46.5 Å². The second-order valence-electron chi connectivity index (χ2n) is 10.3. The first-order chi connectivity index (χ1) is 16.7. The molecule has 0 fully saturated rings. The molecule has 0 aromatic heterocycles. The van der Waals surface area contributed by atoms with E-state index in [0.29, 0.717) is 28.6 Å². The van der Waals surface area contributed by atoms with Gasteiger partial charge < -0.3 is 20.3 Å². The monoisotopic (exact) mass is 541 g/mol. The molecule has 0 unspecified atom stereocenters. The van der Waals surface area contributed by atoms with Crippen molar-refractivity contribution >= 4 is 41.1 Å². The molecule has 7 nitrogen and oxygen atoms in total. The summed E-state index contributed by atoms with van der Waals surface area (Å²) in [4.78, 5) is 40.7. The van der Waals surface area contributed by atoms with Crippen molar-refractivity contribution in [3.8, 4) is 0 Å². The zero-order valence-corrected chi connectivity index (χ0v) is 23.8. The smallest absolute Gasteiger partial charge is 0.408 e. The van der Waals surface area contributed by atoms with E-state index in [9.17, 15) is 14.4 Å². The molecule has 0 aliphatic carbocycles. The number of hydrogen-bond donors (Lipinski definition) is 2. The molecule has 0 saturated carbocycles. The predicted molar refractivity (Wildman–Crippen MR) is 146 cm³/mol. The van der Waals surface area contributed by atoms with Crippen molar-refractivity contribution in [1.82, 2.24) is 15.5 Å². The SMILES string of the molecule is C=CCCCCNC(=O)[C@H](Cc1cc(Cl)ccc1Cl)N(C)C(=O)[C@H](CC(C)C)NC(=O)OC(C)(C)C. The summed E-state index contributed by atoms with van der Waals surface area (Å²) in [5.41, 5.74) is -0.0604. The van der Waals surface area contributed by atoms with Gasteiger partial charge in [0.1, 0.15) is 17.7 Å². The Labute approximate surface area is 225 Å². The van der Waals surface area contributed by atoms with Gasteiger partial charge >= 0.3 is 6.09 Å². The van der Waals surface area contributed by atoms with Gasteiger partial charge in [-0.15, -0.1) is 6.58 Å². The molecular formula is C27H41Cl2N3O4. The first-order valence-electron chi connectivity index (χ1n) is 12.3.